The zero-order valence-electron chi connectivity index (χ0n) is 7.20. The van der Waals surface area contributed by atoms with Crippen molar-refractivity contribution >= 4 is 40.1 Å². The number of nitrogens with two attached hydrogens (primary N) is 1. The summed E-state index contributed by atoms with van der Waals surface area (Å²) in [7, 11) is 0. The van der Waals surface area contributed by atoms with Gasteiger partial charge in [-0.05, 0) is 18.6 Å². The summed E-state index contributed by atoms with van der Waals surface area (Å²) >= 11 is 9.68. The first-order valence-electron chi connectivity index (χ1n) is 3.77. The van der Waals surface area contributed by atoms with Crippen LogP contribution in [0.5, 0.6) is 0 Å². The Bertz CT molecular complexity index is 347. The molecule has 1 aromatic carbocycles. The van der Waals surface area contributed by atoms with E-state index in [2.05, 4.69) is 5.32 Å². The number of nitrogens with one attached hydrogen (secondary N) is 1. The maximum atomic E-state index is 5.36. The van der Waals surface area contributed by atoms with E-state index in [0.29, 0.717) is 4.99 Å². The first-order chi connectivity index (χ1) is 6.11. The molecule has 0 amide bonds. The Balaban J connectivity index is 2.81. The monoisotopic (exact) mass is 210 g/mol. The molecule has 0 spiro atoms. The zero-order valence-corrected chi connectivity index (χ0v) is 8.84. The molecule has 0 atom stereocenters. The van der Waals surface area contributed by atoms with Crippen LogP contribution in [-0.2, 0) is 0 Å². The minimum absolute atomic E-state index is 0.221. The van der Waals surface area contributed by atoms with E-state index in [0.717, 1.165) is 11.3 Å². The fraction of sp³-hybridized carbons (Fsp3) is 0.111. The zero-order chi connectivity index (χ0) is 9.84. The topological polar surface area (TPSA) is 38.0 Å². The second-order valence-corrected chi connectivity index (χ2v) is 3.48. The van der Waals surface area contributed by atoms with Crippen molar-refractivity contribution in [3.05, 3.63) is 29.8 Å². The maximum Gasteiger partial charge on any atom is 0.138 e. The van der Waals surface area contributed by atoms with Gasteiger partial charge in [0.1, 0.15) is 9.98 Å². The van der Waals surface area contributed by atoms with Crippen LogP contribution in [-0.4, -0.2) is 9.98 Å². The van der Waals surface area contributed by atoms with Gasteiger partial charge in [-0.15, -0.1) is 0 Å². The van der Waals surface area contributed by atoms with Crippen molar-refractivity contribution in [2.75, 3.05) is 5.32 Å². The lowest BCUT2D eigenvalue weighted by atomic mass is 10.2. The molecule has 4 heteroatoms. The molecule has 0 fully saturated rings. The van der Waals surface area contributed by atoms with E-state index in [1.807, 2.05) is 31.2 Å². The van der Waals surface area contributed by atoms with Crippen LogP contribution in [0.15, 0.2) is 24.3 Å². The number of benzene rings is 1. The van der Waals surface area contributed by atoms with E-state index < -0.39 is 0 Å². The van der Waals surface area contributed by atoms with Crippen molar-refractivity contribution in [3.8, 4) is 0 Å². The SMILES string of the molecule is Cc1ccccc1NC(=S)C(N)=S. The molecule has 0 unspecified atom stereocenters. The minimum Gasteiger partial charge on any atom is -0.388 e. The van der Waals surface area contributed by atoms with Crippen molar-refractivity contribution < 1.29 is 0 Å². The molecule has 1 aromatic rings. The van der Waals surface area contributed by atoms with Crippen molar-refractivity contribution in [1.29, 1.82) is 0 Å². The van der Waals surface area contributed by atoms with Crippen LogP contribution < -0.4 is 11.1 Å². The normalized spacial score (nSPS) is 9.31. The predicted molar refractivity (Wildman–Crippen MR) is 64.2 cm³/mol. The Morgan fingerprint density at radius 1 is 1.31 bits per heavy atom. The molecule has 0 saturated carbocycles. The summed E-state index contributed by atoms with van der Waals surface area (Å²) in [4.78, 5) is 0.627. The standard InChI is InChI=1S/C9H10N2S2/c1-6-4-2-3-5-7(6)11-9(13)8(10)12/h2-5H,1H3,(H2,10,12)(H,11,13). The van der Waals surface area contributed by atoms with Gasteiger partial charge in [-0.3, -0.25) is 0 Å². The summed E-state index contributed by atoms with van der Waals surface area (Å²) in [5.74, 6) is 0. The van der Waals surface area contributed by atoms with Gasteiger partial charge in [0.05, 0.1) is 0 Å². The van der Waals surface area contributed by atoms with Crippen LogP contribution in [0.1, 0.15) is 5.56 Å². The van der Waals surface area contributed by atoms with E-state index in [1.54, 1.807) is 0 Å². The Morgan fingerprint density at radius 2 is 1.92 bits per heavy atom. The summed E-state index contributed by atoms with van der Waals surface area (Å²) in [6.45, 7) is 1.99. The van der Waals surface area contributed by atoms with Crippen molar-refractivity contribution in [2.24, 2.45) is 5.73 Å². The van der Waals surface area contributed by atoms with Gasteiger partial charge in [0.15, 0.2) is 0 Å². The van der Waals surface area contributed by atoms with Crippen molar-refractivity contribution in [2.45, 2.75) is 6.92 Å². The Kier molecular flexibility index (Phi) is 3.33. The van der Waals surface area contributed by atoms with Crippen molar-refractivity contribution in [1.82, 2.24) is 0 Å². The number of anilines is 1. The fourth-order valence-corrected chi connectivity index (χ4v) is 1.06. The van der Waals surface area contributed by atoms with Gasteiger partial charge in [0, 0.05) is 5.69 Å². The third-order valence-corrected chi connectivity index (χ3v) is 2.27. The van der Waals surface area contributed by atoms with Crippen LogP contribution in [0, 0.1) is 6.92 Å². The molecule has 0 bridgehead atoms. The first-order valence-corrected chi connectivity index (χ1v) is 4.59. The second kappa shape index (κ2) is 4.30. The molecule has 1 rings (SSSR count). The van der Waals surface area contributed by atoms with Crippen LogP contribution in [0.3, 0.4) is 0 Å². The Labute approximate surface area is 88.1 Å². The van der Waals surface area contributed by atoms with E-state index in [4.69, 9.17) is 30.2 Å². The number of thiocarbonyl (C=S) groups is 2. The summed E-state index contributed by atoms with van der Waals surface area (Å²) in [5, 5.41) is 2.97. The van der Waals surface area contributed by atoms with Gasteiger partial charge < -0.3 is 11.1 Å². The predicted octanol–water partition coefficient (Wildman–Crippen LogP) is 2.02. The lowest BCUT2D eigenvalue weighted by Crippen LogP contribution is -2.26. The quantitative estimate of drug-likeness (QED) is 0.696. The molecule has 68 valence electrons. The number of hydrogen-bond donors (Lipinski definition) is 2. The van der Waals surface area contributed by atoms with Crippen molar-refractivity contribution in [3.63, 3.8) is 0 Å². The summed E-state index contributed by atoms with van der Waals surface area (Å²) in [6.07, 6.45) is 0. The summed E-state index contributed by atoms with van der Waals surface area (Å²) in [5.41, 5.74) is 7.42. The average Bonchev–Trinajstić information content (AvgIpc) is 2.08. The molecule has 3 N–H and O–H groups in total. The average molecular weight is 210 g/mol. The van der Waals surface area contributed by atoms with Gasteiger partial charge in [-0.2, -0.15) is 0 Å². The summed E-state index contributed by atoms with van der Waals surface area (Å²) in [6, 6.07) is 7.81. The molecule has 0 aliphatic carbocycles. The number of para-hydroxylation sites is 1. The Morgan fingerprint density at radius 3 is 2.46 bits per heavy atom. The Hall–Kier alpha value is -1.00. The fourth-order valence-electron chi connectivity index (χ4n) is 0.897. The second-order valence-electron chi connectivity index (χ2n) is 2.63. The highest BCUT2D eigenvalue weighted by Crippen LogP contribution is 2.12. The molecular weight excluding hydrogens is 200 g/mol. The lowest BCUT2D eigenvalue weighted by Gasteiger charge is -2.08. The van der Waals surface area contributed by atoms with E-state index in [-0.39, 0.29) is 4.99 Å². The molecule has 0 aromatic heterocycles. The highest BCUT2D eigenvalue weighted by molar-refractivity contribution is 7.89. The smallest absolute Gasteiger partial charge is 0.138 e. The molecule has 0 radical (unpaired) electrons. The molecule has 0 aliphatic heterocycles. The minimum atomic E-state index is 0.221. The van der Waals surface area contributed by atoms with Crippen LogP contribution >= 0.6 is 24.4 Å². The van der Waals surface area contributed by atoms with E-state index in [1.165, 1.54) is 0 Å². The largest absolute Gasteiger partial charge is 0.388 e. The molecule has 2 nitrogen and oxygen atoms in total. The van der Waals surface area contributed by atoms with Gasteiger partial charge in [-0.25, -0.2) is 0 Å². The van der Waals surface area contributed by atoms with Crippen LogP contribution in [0.25, 0.3) is 0 Å². The van der Waals surface area contributed by atoms with E-state index in [9.17, 15) is 0 Å². The van der Waals surface area contributed by atoms with Gasteiger partial charge in [0.2, 0.25) is 0 Å². The number of aryl methyl sites for hydroxylation is 1. The lowest BCUT2D eigenvalue weighted by molar-refractivity contribution is 1.46. The molecular formula is C9H10N2S2. The molecule has 0 aliphatic rings. The number of hydrogen-bond acceptors (Lipinski definition) is 2. The molecule has 0 heterocycles. The van der Waals surface area contributed by atoms with E-state index >= 15 is 0 Å². The third kappa shape index (κ3) is 2.75. The van der Waals surface area contributed by atoms with Gasteiger partial charge in [0.25, 0.3) is 0 Å². The molecule has 13 heavy (non-hydrogen) atoms. The summed E-state index contributed by atoms with van der Waals surface area (Å²) < 4.78 is 0. The highest BCUT2D eigenvalue weighted by atomic mass is 32.1. The van der Waals surface area contributed by atoms with Gasteiger partial charge in [-0.1, -0.05) is 42.6 Å². The van der Waals surface area contributed by atoms with Crippen LogP contribution in [0.2, 0.25) is 0 Å². The first kappa shape index (κ1) is 10.1. The van der Waals surface area contributed by atoms with Crippen LogP contribution in [0.4, 0.5) is 5.69 Å². The van der Waals surface area contributed by atoms with Gasteiger partial charge >= 0.3 is 0 Å². The third-order valence-electron chi connectivity index (χ3n) is 1.62. The molecule has 0 saturated heterocycles. The maximum absolute atomic E-state index is 5.36. The highest BCUT2D eigenvalue weighted by Gasteiger charge is 2.01. The number of rotatable bonds is 1.